The molecule has 2 aliphatic rings. The zero-order chi connectivity index (χ0) is 9.26. The SMILES string of the molecule is CCOC(=O)N1CC2=C(CNC2)N1. The second-order valence-electron chi connectivity index (χ2n) is 3.08. The van der Waals surface area contributed by atoms with Gasteiger partial charge in [-0.05, 0) is 12.5 Å². The molecule has 2 aliphatic heterocycles. The second-order valence-corrected chi connectivity index (χ2v) is 3.08. The quantitative estimate of drug-likeness (QED) is 0.592. The van der Waals surface area contributed by atoms with Crippen LogP contribution in [-0.2, 0) is 4.74 Å². The van der Waals surface area contributed by atoms with Crippen molar-refractivity contribution in [1.82, 2.24) is 15.8 Å². The summed E-state index contributed by atoms with van der Waals surface area (Å²) in [6.45, 7) is 4.56. The maximum atomic E-state index is 11.3. The van der Waals surface area contributed by atoms with E-state index in [9.17, 15) is 4.79 Å². The van der Waals surface area contributed by atoms with Gasteiger partial charge in [-0.15, -0.1) is 0 Å². The predicted molar refractivity (Wildman–Crippen MR) is 46.8 cm³/mol. The standard InChI is InChI=1S/C8H13N3O2/c1-2-13-8(12)11-5-6-3-9-4-7(6)10-11/h9-10H,2-5H2,1H3. The summed E-state index contributed by atoms with van der Waals surface area (Å²) >= 11 is 0. The maximum absolute atomic E-state index is 11.3. The fourth-order valence-electron chi connectivity index (χ4n) is 1.54. The number of hydrazine groups is 1. The first-order valence-electron chi connectivity index (χ1n) is 4.44. The normalized spacial score (nSPS) is 20.2. The minimum absolute atomic E-state index is 0.295. The third kappa shape index (κ3) is 1.47. The number of amides is 1. The molecule has 2 N–H and O–H groups in total. The Balaban J connectivity index is 1.91. The van der Waals surface area contributed by atoms with Gasteiger partial charge in [0.25, 0.3) is 0 Å². The molecular formula is C8H13N3O2. The molecule has 72 valence electrons. The first-order chi connectivity index (χ1) is 6.31. The Kier molecular flexibility index (Phi) is 2.10. The highest BCUT2D eigenvalue weighted by molar-refractivity contribution is 5.68. The lowest BCUT2D eigenvalue weighted by atomic mass is 10.3. The number of ether oxygens (including phenoxy) is 1. The summed E-state index contributed by atoms with van der Waals surface area (Å²) in [5.41, 5.74) is 5.39. The highest BCUT2D eigenvalue weighted by Crippen LogP contribution is 2.15. The molecule has 0 bridgehead atoms. The molecule has 0 atom stereocenters. The van der Waals surface area contributed by atoms with Gasteiger partial charge in [0.2, 0.25) is 0 Å². The minimum Gasteiger partial charge on any atom is -0.448 e. The van der Waals surface area contributed by atoms with E-state index in [1.807, 2.05) is 0 Å². The number of nitrogens with zero attached hydrogens (tertiary/aromatic N) is 1. The average molecular weight is 183 g/mol. The summed E-state index contributed by atoms with van der Waals surface area (Å²) in [4.78, 5) is 11.3. The molecule has 13 heavy (non-hydrogen) atoms. The predicted octanol–water partition coefficient (Wildman–Crippen LogP) is -0.180. The molecule has 1 amide bonds. The van der Waals surface area contributed by atoms with Gasteiger partial charge in [-0.3, -0.25) is 5.43 Å². The number of hydrogen-bond donors (Lipinski definition) is 2. The van der Waals surface area contributed by atoms with Gasteiger partial charge in [0.05, 0.1) is 13.2 Å². The number of hydrogen-bond acceptors (Lipinski definition) is 4. The number of carbonyl (C=O) groups is 1. The summed E-state index contributed by atoms with van der Waals surface area (Å²) in [6, 6.07) is 0. The smallest absolute Gasteiger partial charge is 0.428 e. The van der Waals surface area contributed by atoms with Gasteiger partial charge in [0, 0.05) is 18.8 Å². The molecular weight excluding hydrogens is 170 g/mol. The van der Waals surface area contributed by atoms with Crippen molar-refractivity contribution >= 4 is 6.09 Å². The Hall–Kier alpha value is -1.23. The molecule has 0 radical (unpaired) electrons. The van der Waals surface area contributed by atoms with Crippen LogP contribution in [0.15, 0.2) is 11.3 Å². The minimum atomic E-state index is -0.295. The third-order valence-corrected chi connectivity index (χ3v) is 2.17. The molecule has 0 aliphatic carbocycles. The maximum Gasteiger partial charge on any atom is 0.428 e. The number of nitrogens with one attached hydrogen (secondary N) is 2. The largest absolute Gasteiger partial charge is 0.448 e. The fourth-order valence-corrected chi connectivity index (χ4v) is 1.54. The Morgan fingerprint density at radius 2 is 2.46 bits per heavy atom. The molecule has 0 spiro atoms. The van der Waals surface area contributed by atoms with E-state index in [-0.39, 0.29) is 6.09 Å². The van der Waals surface area contributed by atoms with E-state index in [1.54, 1.807) is 6.92 Å². The van der Waals surface area contributed by atoms with Gasteiger partial charge < -0.3 is 10.1 Å². The zero-order valence-electron chi connectivity index (χ0n) is 7.59. The van der Waals surface area contributed by atoms with E-state index in [4.69, 9.17) is 4.74 Å². The average Bonchev–Trinajstić information content (AvgIpc) is 2.61. The molecule has 5 heteroatoms. The fraction of sp³-hybridized carbons (Fsp3) is 0.625. The van der Waals surface area contributed by atoms with E-state index in [2.05, 4.69) is 10.7 Å². The van der Waals surface area contributed by atoms with Gasteiger partial charge in [-0.2, -0.15) is 0 Å². The molecule has 0 saturated heterocycles. The Bertz CT molecular complexity index is 246. The summed E-state index contributed by atoms with van der Waals surface area (Å²) in [5, 5.41) is 4.71. The lowest BCUT2D eigenvalue weighted by Crippen LogP contribution is -2.40. The third-order valence-electron chi connectivity index (χ3n) is 2.17. The van der Waals surface area contributed by atoms with Crippen molar-refractivity contribution in [3.63, 3.8) is 0 Å². The topological polar surface area (TPSA) is 53.6 Å². The van der Waals surface area contributed by atoms with Gasteiger partial charge in [0.1, 0.15) is 0 Å². The van der Waals surface area contributed by atoms with Crippen LogP contribution in [0.4, 0.5) is 4.79 Å². The highest BCUT2D eigenvalue weighted by atomic mass is 16.6. The Morgan fingerprint density at radius 3 is 3.15 bits per heavy atom. The molecule has 0 saturated carbocycles. The van der Waals surface area contributed by atoms with Crippen LogP contribution in [0.1, 0.15) is 6.92 Å². The zero-order valence-corrected chi connectivity index (χ0v) is 7.59. The first-order valence-corrected chi connectivity index (χ1v) is 4.44. The van der Waals surface area contributed by atoms with E-state index < -0.39 is 0 Å². The lowest BCUT2D eigenvalue weighted by Gasteiger charge is -2.18. The first kappa shape index (κ1) is 8.37. The lowest BCUT2D eigenvalue weighted by molar-refractivity contribution is 0.101. The van der Waals surface area contributed by atoms with Crippen molar-refractivity contribution in [1.29, 1.82) is 0 Å². The van der Waals surface area contributed by atoms with Gasteiger partial charge >= 0.3 is 6.09 Å². The van der Waals surface area contributed by atoms with Gasteiger partial charge in [-0.25, -0.2) is 9.80 Å². The van der Waals surface area contributed by atoms with E-state index >= 15 is 0 Å². The van der Waals surface area contributed by atoms with Crippen LogP contribution < -0.4 is 10.7 Å². The van der Waals surface area contributed by atoms with Crippen molar-refractivity contribution in [2.75, 3.05) is 26.2 Å². The van der Waals surface area contributed by atoms with Crippen molar-refractivity contribution in [2.24, 2.45) is 0 Å². The van der Waals surface area contributed by atoms with Crippen molar-refractivity contribution in [3.8, 4) is 0 Å². The highest BCUT2D eigenvalue weighted by Gasteiger charge is 2.28. The van der Waals surface area contributed by atoms with E-state index in [0.29, 0.717) is 13.2 Å². The number of rotatable bonds is 1. The van der Waals surface area contributed by atoms with Crippen LogP contribution in [0.3, 0.4) is 0 Å². The van der Waals surface area contributed by atoms with Crippen molar-refractivity contribution in [2.45, 2.75) is 6.92 Å². The van der Waals surface area contributed by atoms with Crippen LogP contribution in [0, 0.1) is 0 Å². The van der Waals surface area contributed by atoms with E-state index in [1.165, 1.54) is 10.6 Å². The summed E-state index contributed by atoms with van der Waals surface area (Å²) in [5.74, 6) is 0. The molecule has 0 fully saturated rings. The Morgan fingerprint density at radius 1 is 1.62 bits per heavy atom. The molecule has 2 rings (SSSR count). The van der Waals surface area contributed by atoms with Crippen LogP contribution in [-0.4, -0.2) is 37.3 Å². The van der Waals surface area contributed by atoms with Crippen molar-refractivity contribution in [3.05, 3.63) is 11.3 Å². The molecule has 2 heterocycles. The Labute approximate surface area is 76.7 Å². The monoisotopic (exact) mass is 183 g/mol. The summed E-state index contributed by atoms with van der Waals surface area (Å²) in [7, 11) is 0. The number of carbonyl (C=O) groups excluding carboxylic acids is 1. The molecule has 0 aromatic heterocycles. The summed E-state index contributed by atoms with van der Waals surface area (Å²) < 4.78 is 4.87. The van der Waals surface area contributed by atoms with Crippen LogP contribution in [0.25, 0.3) is 0 Å². The van der Waals surface area contributed by atoms with Gasteiger partial charge in [0.15, 0.2) is 0 Å². The molecule has 0 aromatic carbocycles. The molecule has 5 nitrogen and oxygen atoms in total. The second kappa shape index (κ2) is 3.26. The van der Waals surface area contributed by atoms with E-state index in [0.717, 1.165) is 18.8 Å². The summed E-state index contributed by atoms with van der Waals surface area (Å²) in [6.07, 6.45) is -0.295. The van der Waals surface area contributed by atoms with Crippen LogP contribution in [0.2, 0.25) is 0 Å². The molecule has 0 aromatic rings. The van der Waals surface area contributed by atoms with Crippen molar-refractivity contribution < 1.29 is 9.53 Å². The van der Waals surface area contributed by atoms with Crippen LogP contribution >= 0.6 is 0 Å². The van der Waals surface area contributed by atoms with Crippen LogP contribution in [0.5, 0.6) is 0 Å². The van der Waals surface area contributed by atoms with Gasteiger partial charge in [-0.1, -0.05) is 0 Å². The molecule has 0 unspecified atom stereocenters.